The molecule has 2 atom stereocenters. The SMILES string of the molecule is COc1ccc([C@@H]2CN(C(=O)OC(C)(C)C)CC[C@H]2NC(=O)Nc2ccccc2)nc1. The molecule has 1 aromatic carbocycles. The second kappa shape index (κ2) is 9.68. The molecule has 0 unspecified atom stereocenters. The highest BCUT2D eigenvalue weighted by atomic mass is 16.6. The molecule has 166 valence electrons. The number of nitrogens with one attached hydrogen (secondary N) is 2. The normalized spacial score (nSPS) is 18.8. The quantitative estimate of drug-likeness (QED) is 0.771. The number of ether oxygens (including phenoxy) is 2. The summed E-state index contributed by atoms with van der Waals surface area (Å²) in [5, 5.41) is 5.90. The second-order valence-electron chi connectivity index (χ2n) is 8.52. The fourth-order valence-corrected chi connectivity index (χ4v) is 3.51. The maximum atomic E-state index is 12.6. The van der Waals surface area contributed by atoms with E-state index in [4.69, 9.17) is 9.47 Å². The van der Waals surface area contributed by atoms with Gasteiger partial charge in [-0.2, -0.15) is 0 Å². The molecule has 8 heteroatoms. The summed E-state index contributed by atoms with van der Waals surface area (Å²) in [4.78, 5) is 31.4. The largest absolute Gasteiger partial charge is 0.495 e. The predicted octanol–water partition coefficient (Wildman–Crippen LogP) is 4.00. The van der Waals surface area contributed by atoms with E-state index in [-0.39, 0.29) is 24.1 Å². The Hall–Kier alpha value is -3.29. The number of amides is 3. The van der Waals surface area contributed by atoms with E-state index in [1.54, 1.807) is 18.2 Å². The summed E-state index contributed by atoms with van der Waals surface area (Å²) in [6, 6.07) is 12.5. The molecule has 31 heavy (non-hydrogen) atoms. The van der Waals surface area contributed by atoms with Crippen LogP contribution in [0.2, 0.25) is 0 Å². The average Bonchev–Trinajstić information content (AvgIpc) is 2.73. The number of piperidine rings is 1. The van der Waals surface area contributed by atoms with Gasteiger partial charge >= 0.3 is 12.1 Å². The van der Waals surface area contributed by atoms with Crippen molar-refractivity contribution in [3.05, 3.63) is 54.4 Å². The predicted molar refractivity (Wildman–Crippen MR) is 118 cm³/mol. The second-order valence-corrected chi connectivity index (χ2v) is 8.52. The molecule has 1 aliphatic heterocycles. The molecule has 8 nitrogen and oxygen atoms in total. The maximum absolute atomic E-state index is 12.6. The number of aromatic nitrogens is 1. The summed E-state index contributed by atoms with van der Waals surface area (Å²) in [5.41, 5.74) is 0.916. The molecule has 0 radical (unpaired) electrons. The fourth-order valence-electron chi connectivity index (χ4n) is 3.51. The minimum atomic E-state index is -0.574. The van der Waals surface area contributed by atoms with Crippen LogP contribution in [-0.2, 0) is 4.74 Å². The summed E-state index contributed by atoms with van der Waals surface area (Å²) < 4.78 is 10.7. The van der Waals surface area contributed by atoms with Crippen molar-refractivity contribution in [1.29, 1.82) is 0 Å². The van der Waals surface area contributed by atoms with Crippen molar-refractivity contribution < 1.29 is 19.1 Å². The van der Waals surface area contributed by atoms with E-state index in [1.165, 1.54) is 0 Å². The van der Waals surface area contributed by atoms with Crippen LogP contribution in [0.25, 0.3) is 0 Å². The van der Waals surface area contributed by atoms with Crippen molar-refractivity contribution in [3.8, 4) is 5.75 Å². The first-order valence-corrected chi connectivity index (χ1v) is 10.4. The van der Waals surface area contributed by atoms with E-state index in [0.29, 0.717) is 30.9 Å². The summed E-state index contributed by atoms with van der Waals surface area (Å²) in [6.07, 6.45) is 1.86. The lowest BCUT2D eigenvalue weighted by atomic mass is 9.89. The van der Waals surface area contributed by atoms with Crippen molar-refractivity contribution in [2.45, 2.75) is 44.8 Å². The molecule has 3 amide bonds. The molecule has 3 rings (SSSR count). The van der Waals surface area contributed by atoms with Gasteiger partial charge in [0, 0.05) is 36.4 Å². The first-order valence-electron chi connectivity index (χ1n) is 10.4. The molecule has 1 fully saturated rings. The Labute approximate surface area is 182 Å². The summed E-state index contributed by atoms with van der Waals surface area (Å²) in [7, 11) is 1.58. The van der Waals surface area contributed by atoms with Gasteiger partial charge in [-0.1, -0.05) is 18.2 Å². The lowest BCUT2D eigenvalue weighted by Crippen LogP contribution is -2.53. The number of carbonyl (C=O) groups excluding carboxylic acids is 2. The zero-order chi connectivity index (χ0) is 22.4. The zero-order valence-electron chi connectivity index (χ0n) is 18.4. The minimum Gasteiger partial charge on any atom is -0.495 e. The van der Waals surface area contributed by atoms with Gasteiger partial charge in [-0.05, 0) is 51.5 Å². The van der Waals surface area contributed by atoms with Gasteiger partial charge in [-0.25, -0.2) is 9.59 Å². The Kier molecular flexibility index (Phi) is 6.99. The molecule has 0 bridgehead atoms. The summed E-state index contributed by atoms with van der Waals surface area (Å²) >= 11 is 0. The number of hydrogen-bond acceptors (Lipinski definition) is 5. The van der Waals surface area contributed by atoms with Crippen molar-refractivity contribution in [3.63, 3.8) is 0 Å². The molecule has 0 saturated carbocycles. The number of para-hydroxylation sites is 1. The average molecular weight is 427 g/mol. The standard InChI is InChI=1S/C23H30N4O4/c1-23(2,3)31-22(29)27-13-12-20(26-21(28)25-16-8-6-5-7-9-16)18(15-27)19-11-10-17(30-4)14-24-19/h5-11,14,18,20H,12-13,15H2,1-4H3,(H2,25,26,28)/t18-,20+/m0/s1. The number of pyridine rings is 1. The number of benzene rings is 1. The van der Waals surface area contributed by atoms with Crippen LogP contribution in [0.15, 0.2) is 48.7 Å². The van der Waals surface area contributed by atoms with E-state index in [9.17, 15) is 9.59 Å². The summed E-state index contributed by atoms with van der Waals surface area (Å²) in [5.74, 6) is 0.462. The first-order chi connectivity index (χ1) is 14.7. The van der Waals surface area contributed by atoms with Gasteiger partial charge in [0.1, 0.15) is 11.4 Å². The number of carbonyl (C=O) groups is 2. The maximum Gasteiger partial charge on any atom is 0.410 e. The van der Waals surface area contributed by atoms with Crippen molar-refractivity contribution in [1.82, 2.24) is 15.2 Å². The number of urea groups is 1. The van der Waals surface area contributed by atoms with Crippen LogP contribution in [0.1, 0.15) is 38.8 Å². The topological polar surface area (TPSA) is 92.8 Å². The lowest BCUT2D eigenvalue weighted by molar-refractivity contribution is 0.0178. The highest BCUT2D eigenvalue weighted by Gasteiger charge is 2.36. The van der Waals surface area contributed by atoms with Crippen LogP contribution < -0.4 is 15.4 Å². The van der Waals surface area contributed by atoms with Crippen LogP contribution in [0.4, 0.5) is 15.3 Å². The monoisotopic (exact) mass is 426 g/mol. The summed E-state index contributed by atoms with van der Waals surface area (Å²) in [6.45, 7) is 6.41. The molecular formula is C23H30N4O4. The van der Waals surface area contributed by atoms with Crippen LogP contribution in [0, 0.1) is 0 Å². The van der Waals surface area contributed by atoms with E-state index in [1.807, 2.05) is 63.2 Å². The first kappa shape index (κ1) is 22.4. The van der Waals surface area contributed by atoms with Crippen molar-refractivity contribution in [2.24, 2.45) is 0 Å². The third-order valence-electron chi connectivity index (χ3n) is 4.99. The number of likely N-dealkylation sites (tertiary alicyclic amines) is 1. The molecule has 2 N–H and O–H groups in total. The molecule has 1 aromatic heterocycles. The highest BCUT2D eigenvalue weighted by molar-refractivity contribution is 5.89. The minimum absolute atomic E-state index is 0.186. The van der Waals surface area contributed by atoms with E-state index < -0.39 is 5.60 Å². The van der Waals surface area contributed by atoms with Gasteiger partial charge in [0.15, 0.2) is 0 Å². The van der Waals surface area contributed by atoms with Crippen LogP contribution in [-0.4, -0.2) is 53.9 Å². The van der Waals surface area contributed by atoms with Gasteiger partial charge in [-0.15, -0.1) is 0 Å². The van der Waals surface area contributed by atoms with Gasteiger partial charge in [0.05, 0.1) is 13.3 Å². The number of anilines is 1. The molecule has 2 aromatic rings. The molecule has 1 aliphatic rings. The van der Waals surface area contributed by atoms with Crippen LogP contribution in [0.5, 0.6) is 5.75 Å². The number of hydrogen-bond donors (Lipinski definition) is 2. The van der Waals surface area contributed by atoms with Gasteiger partial charge < -0.3 is 25.0 Å². The van der Waals surface area contributed by atoms with Crippen molar-refractivity contribution in [2.75, 3.05) is 25.5 Å². The molecule has 1 saturated heterocycles. The number of rotatable bonds is 4. The fraction of sp³-hybridized carbons (Fsp3) is 0.435. The van der Waals surface area contributed by atoms with E-state index in [2.05, 4.69) is 15.6 Å². The van der Waals surface area contributed by atoms with E-state index >= 15 is 0 Å². The Bertz CT molecular complexity index is 881. The van der Waals surface area contributed by atoms with Gasteiger partial charge in [0.25, 0.3) is 0 Å². The molecule has 0 aliphatic carbocycles. The number of nitrogens with zero attached hydrogens (tertiary/aromatic N) is 2. The smallest absolute Gasteiger partial charge is 0.410 e. The Morgan fingerprint density at radius 3 is 2.48 bits per heavy atom. The van der Waals surface area contributed by atoms with Crippen LogP contribution in [0.3, 0.4) is 0 Å². The van der Waals surface area contributed by atoms with Crippen LogP contribution >= 0.6 is 0 Å². The highest BCUT2D eigenvalue weighted by Crippen LogP contribution is 2.28. The third kappa shape index (κ3) is 6.34. The molecular weight excluding hydrogens is 396 g/mol. The van der Waals surface area contributed by atoms with E-state index in [0.717, 1.165) is 5.69 Å². The van der Waals surface area contributed by atoms with Gasteiger partial charge in [0.2, 0.25) is 0 Å². The number of methoxy groups -OCH3 is 1. The molecule has 0 spiro atoms. The third-order valence-corrected chi connectivity index (χ3v) is 4.99. The Morgan fingerprint density at radius 2 is 1.87 bits per heavy atom. The van der Waals surface area contributed by atoms with Gasteiger partial charge in [-0.3, -0.25) is 4.98 Å². The Balaban J connectivity index is 1.75. The molecule has 2 heterocycles. The lowest BCUT2D eigenvalue weighted by Gasteiger charge is -2.39. The Morgan fingerprint density at radius 1 is 1.13 bits per heavy atom. The zero-order valence-corrected chi connectivity index (χ0v) is 18.4. The van der Waals surface area contributed by atoms with Crippen molar-refractivity contribution >= 4 is 17.8 Å².